The van der Waals surface area contributed by atoms with E-state index in [-0.39, 0.29) is 70.8 Å². The van der Waals surface area contributed by atoms with E-state index in [0.29, 0.717) is 35.9 Å². The average Bonchev–Trinajstić information content (AvgIpc) is 3.14. The lowest BCUT2D eigenvalue weighted by Crippen LogP contribution is -2.54. The number of carbonyl (C=O) groups excluding carboxylic acids is 2. The van der Waals surface area contributed by atoms with Crippen molar-refractivity contribution in [1.29, 1.82) is 0 Å². The highest BCUT2D eigenvalue weighted by molar-refractivity contribution is 5.94. The molecule has 2 atom stereocenters. The zero-order valence-electron chi connectivity index (χ0n) is 28.8. The van der Waals surface area contributed by atoms with Crippen molar-refractivity contribution < 1.29 is 39.5 Å². The van der Waals surface area contributed by atoms with E-state index in [1.54, 1.807) is 54.6 Å². The number of aliphatic carboxylic acids is 1. The van der Waals surface area contributed by atoms with Crippen molar-refractivity contribution in [3.05, 3.63) is 141 Å². The Labute approximate surface area is 304 Å². The minimum atomic E-state index is -2.30. The van der Waals surface area contributed by atoms with Gasteiger partial charge in [0.1, 0.15) is 11.5 Å². The van der Waals surface area contributed by atoms with Gasteiger partial charge in [-0.3, -0.25) is 14.4 Å². The molecule has 6 rings (SSSR count). The minimum Gasteiger partial charge on any atom is -0.506 e. The third-order valence-electron chi connectivity index (χ3n) is 9.48. The molecular weight excluding hydrogens is 680 g/mol. The van der Waals surface area contributed by atoms with E-state index in [4.69, 9.17) is 4.74 Å². The molecule has 2 amide bonds. The van der Waals surface area contributed by atoms with Gasteiger partial charge in [-0.25, -0.2) is 4.79 Å². The molecule has 1 aromatic heterocycles. The lowest BCUT2D eigenvalue weighted by atomic mass is 9.86. The molecule has 1 fully saturated rings. The van der Waals surface area contributed by atoms with Crippen LogP contribution in [0.25, 0.3) is 10.9 Å². The predicted octanol–water partition coefficient (Wildman–Crippen LogP) is 3.14. The quantitative estimate of drug-likeness (QED) is 0.0840. The van der Waals surface area contributed by atoms with Crippen molar-refractivity contribution in [3.63, 3.8) is 0 Å². The fourth-order valence-electron chi connectivity index (χ4n) is 6.48. The number of aliphatic hydroxyl groups excluding tert-OH is 1. The second-order valence-electron chi connectivity index (χ2n) is 13.2. The highest BCUT2D eigenvalue weighted by atomic mass is 16.5. The minimum absolute atomic E-state index is 0.0762. The van der Waals surface area contributed by atoms with Gasteiger partial charge in [0, 0.05) is 47.8 Å². The number of fused-ring (bicyclic) bond motifs is 1. The first-order chi connectivity index (χ1) is 25.4. The van der Waals surface area contributed by atoms with Crippen LogP contribution in [0.1, 0.15) is 57.1 Å². The Morgan fingerprint density at radius 2 is 1.64 bits per heavy atom. The number of amides is 2. The monoisotopic (exact) mass is 720 g/mol. The van der Waals surface area contributed by atoms with Gasteiger partial charge >= 0.3 is 5.97 Å². The number of phenolic OH excluding ortho intramolecular Hbond substituents is 1. The van der Waals surface area contributed by atoms with Crippen LogP contribution in [0, 0.1) is 6.92 Å². The third-order valence-corrected chi connectivity index (χ3v) is 9.48. The Bertz CT molecular complexity index is 2200. The fraction of sp³-hybridized carbons (Fsp3) is 0.250. The molecule has 0 saturated heterocycles. The normalized spacial score (nSPS) is 16.9. The molecule has 8 N–H and O–H groups in total. The topological polar surface area (TPSA) is 210 Å². The van der Waals surface area contributed by atoms with E-state index in [0.717, 1.165) is 11.1 Å². The van der Waals surface area contributed by atoms with Crippen molar-refractivity contribution in [2.24, 2.45) is 0 Å². The predicted molar refractivity (Wildman–Crippen MR) is 196 cm³/mol. The van der Waals surface area contributed by atoms with E-state index in [1.807, 2.05) is 13.0 Å². The summed E-state index contributed by atoms with van der Waals surface area (Å²) in [6, 6.07) is 25.1. The Morgan fingerprint density at radius 3 is 2.38 bits per heavy atom. The van der Waals surface area contributed by atoms with Crippen LogP contribution in [-0.4, -0.2) is 68.4 Å². The highest BCUT2D eigenvalue weighted by Crippen LogP contribution is 2.32. The van der Waals surface area contributed by atoms with Crippen molar-refractivity contribution in [2.45, 2.75) is 50.1 Å². The molecule has 0 aliphatic heterocycles. The number of ether oxygens (including phenoxy) is 1. The second-order valence-corrected chi connectivity index (χ2v) is 13.2. The summed E-state index contributed by atoms with van der Waals surface area (Å²) in [5.41, 5.74) is 0.801. The van der Waals surface area contributed by atoms with E-state index in [9.17, 15) is 39.6 Å². The summed E-state index contributed by atoms with van der Waals surface area (Å²) >= 11 is 0. The number of hydrogen-bond acceptors (Lipinski definition) is 9. The molecule has 2 unspecified atom stereocenters. The maximum absolute atomic E-state index is 13.0. The van der Waals surface area contributed by atoms with Gasteiger partial charge in [-0.05, 0) is 78.4 Å². The summed E-state index contributed by atoms with van der Waals surface area (Å²) < 4.78 is 5.62. The smallest absolute Gasteiger partial charge is 0.345 e. The molecule has 1 heterocycles. The number of carboxylic acids is 1. The van der Waals surface area contributed by atoms with Crippen molar-refractivity contribution in [3.8, 4) is 11.5 Å². The van der Waals surface area contributed by atoms with E-state index in [2.05, 4.69) is 20.9 Å². The first-order valence-corrected chi connectivity index (χ1v) is 17.1. The lowest BCUT2D eigenvalue weighted by Gasteiger charge is -2.36. The van der Waals surface area contributed by atoms with E-state index in [1.165, 1.54) is 36.4 Å². The van der Waals surface area contributed by atoms with Crippen LogP contribution in [-0.2, 0) is 21.7 Å². The molecule has 1 saturated carbocycles. The summed E-state index contributed by atoms with van der Waals surface area (Å²) in [5.74, 6) is -1.89. The number of aromatic amines is 1. The third kappa shape index (κ3) is 8.23. The standard InChI is InChI=1S/C40H40N4O9/c1-23-16-24(10-11-25(23)20-41-21-34(46)31-12-14-33(45)37-32(31)13-15-35(47)44-37)38(49)43-29-18-28(19-29)42-36(48)22-53-30-9-5-8-27(17-30)40(52,39(50)51)26-6-3-2-4-7-26/h2-17,28-29,34,41,45-46,52H,18-22H2,1H3,(H,42,48)(H,43,49)(H,44,47)(H,50,51). The molecule has 0 spiro atoms. The number of rotatable bonds is 14. The molecule has 4 aromatic carbocycles. The van der Waals surface area contributed by atoms with E-state index < -0.39 is 17.7 Å². The first-order valence-electron chi connectivity index (χ1n) is 17.1. The SMILES string of the molecule is Cc1cc(C(=O)NC2CC(NC(=O)COc3cccc(C(O)(C(=O)O)c4ccccc4)c3)C2)ccc1CNCC(O)c1ccc(O)c2[nH]c(=O)ccc12. The zero-order chi connectivity index (χ0) is 37.7. The number of carbonyl (C=O) groups is 3. The summed E-state index contributed by atoms with van der Waals surface area (Å²) in [6.07, 6.45) is 0.195. The maximum Gasteiger partial charge on any atom is 0.345 e. The van der Waals surface area contributed by atoms with Crippen molar-refractivity contribution in [2.75, 3.05) is 13.2 Å². The van der Waals surface area contributed by atoms with Crippen molar-refractivity contribution >= 4 is 28.7 Å². The number of aromatic nitrogens is 1. The van der Waals surface area contributed by atoms with E-state index >= 15 is 0 Å². The number of aromatic hydroxyl groups is 1. The van der Waals surface area contributed by atoms with Crippen LogP contribution in [0.4, 0.5) is 0 Å². The maximum atomic E-state index is 13.0. The number of phenols is 1. The summed E-state index contributed by atoms with van der Waals surface area (Å²) in [4.78, 5) is 52.0. The Hall–Kier alpha value is -6.02. The molecule has 274 valence electrons. The molecule has 0 bridgehead atoms. The van der Waals surface area contributed by atoms with Crippen LogP contribution >= 0.6 is 0 Å². The number of H-pyrrole nitrogens is 1. The largest absolute Gasteiger partial charge is 0.506 e. The van der Waals surface area contributed by atoms with Gasteiger partial charge in [-0.1, -0.05) is 54.6 Å². The Balaban J connectivity index is 0.938. The fourth-order valence-corrected chi connectivity index (χ4v) is 6.48. The number of aryl methyl sites for hydroxylation is 1. The first kappa shape index (κ1) is 36.8. The summed E-state index contributed by atoms with van der Waals surface area (Å²) in [5, 5.41) is 51.6. The van der Waals surface area contributed by atoms with Gasteiger partial charge in [-0.15, -0.1) is 0 Å². The Kier molecular flexibility index (Phi) is 10.9. The van der Waals surface area contributed by atoms with Crippen LogP contribution in [0.2, 0.25) is 0 Å². The number of hydrogen-bond donors (Lipinski definition) is 8. The summed E-state index contributed by atoms with van der Waals surface area (Å²) in [6.45, 7) is 2.24. The van der Waals surface area contributed by atoms with Crippen LogP contribution < -0.4 is 26.2 Å². The molecule has 13 nitrogen and oxygen atoms in total. The second kappa shape index (κ2) is 15.7. The van der Waals surface area contributed by atoms with Gasteiger partial charge < -0.3 is 46.1 Å². The average molecular weight is 721 g/mol. The molecule has 1 aliphatic carbocycles. The lowest BCUT2D eigenvalue weighted by molar-refractivity contribution is -0.155. The molecule has 0 radical (unpaired) electrons. The van der Waals surface area contributed by atoms with Crippen LogP contribution in [0.3, 0.4) is 0 Å². The van der Waals surface area contributed by atoms with Gasteiger partial charge in [0.15, 0.2) is 6.61 Å². The van der Waals surface area contributed by atoms with Crippen LogP contribution in [0.5, 0.6) is 11.5 Å². The van der Waals surface area contributed by atoms with Gasteiger partial charge in [0.05, 0.1) is 11.6 Å². The van der Waals surface area contributed by atoms with Gasteiger partial charge in [0.25, 0.3) is 11.8 Å². The highest BCUT2D eigenvalue weighted by Gasteiger charge is 2.40. The number of carboxylic acid groups (broad SMARTS) is 1. The molecular formula is C40H40N4O9. The van der Waals surface area contributed by atoms with Crippen LogP contribution in [0.15, 0.2) is 102 Å². The Morgan fingerprint density at radius 1 is 0.906 bits per heavy atom. The number of benzene rings is 4. The zero-order valence-corrected chi connectivity index (χ0v) is 28.8. The van der Waals surface area contributed by atoms with Crippen molar-refractivity contribution in [1.82, 2.24) is 20.9 Å². The molecule has 53 heavy (non-hydrogen) atoms. The van der Waals surface area contributed by atoms with Gasteiger partial charge in [0.2, 0.25) is 11.2 Å². The summed E-state index contributed by atoms with van der Waals surface area (Å²) in [7, 11) is 0. The molecule has 5 aromatic rings. The molecule has 13 heteroatoms. The van der Waals surface area contributed by atoms with Gasteiger partial charge in [-0.2, -0.15) is 0 Å². The molecule has 1 aliphatic rings. The number of aliphatic hydroxyl groups is 2. The number of nitrogens with one attached hydrogen (secondary N) is 4. The number of pyridine rings is 1.